The van der Waals surface area contributed by atoms with Crippen LogP contribution in [-0.2, 0) is 0 Å². The average molecular weight is 889 g/mol. The molecule has 0 saturated carbocycles. The normalized spacial score (nSPS) is 16.3. The van der Waals surface area contributed by atoms with Crippen LogP contribution in [0.3, 0.4) is 0 Å². The predicted molar refractivity (Wildman–Crippen MR) is 293 cm³/mol. The van der Waals surface area contributed by atoms with Crippen molar-refractivity contribution in [3.63, 3.8) is 0 Å². The Morgan fingerprint density at radius 1 is 0.435 bits per heavy atom. The quantitative estimate of drug-likeness (QED) is 0.113. The molecular formula is C67H56N2. The van der Waals surface area contributed by atoms with E-state index in [-0.39, 0.29) is 0 Å². The first-order chi connectivity index (χ1) is 34.2. The van der Waals surface area contributed by atoms with E-state index in [0.717, 1.165) is 67.6 Å². The summed E-state index contributed by atoms with van der Waals surface area (Å²) < 4.78 is 0. The monoisotopic (exact) mass is 888 g/mol. The van der Waals surface area contributed by atoms with Gasteiger partial charge in [0, 0.05) is 39.6 Å². The van der Waals surface area contributed by atoms with E-state index in [1.165, 1.54) is 91.2 Å². The van der Waals surface area contributed by atoms with Crippen LogP contribution in [0.15, 0.2) is 265 Å². The van der Waals surface area contributed by atoms with E-state index in [4.69, 9.17) is 0 Å². The number of hydrogen-bond acceptors (Lipinski definition) is 2. The number of allylic oxidation sites excluding steroid dienone is 19. The third-order valence-electron chi connectivity index (χ3n) is 13.9. The lowest BCUT2D eigenvalue weighted by atomic mass is 9.90. The number of nitrogens with zero attached hydrogens (tertiary/aromatic N) is 2. The van der Waals surface area contributed by atoms with Crippen LogP contribution >= 0.6 is 0 Å². The summed E-state index contributed by atoms with van der Waals surface area (Å²) in [4.78, 5) is 4.89. The molecule has 0 fully saturated rings. The summed E-state index contributed by atoms with van der Waals surface area (Å²) in [6.07, 6.45) is 39.5. The van der Waals surface area contributed by atoms with Gasteiger partial charge in [-0.1, -0.05) is 169 Å². The van der Waals surface area contributed by atoms with Gasteiger partial charge in [-0.05, 0) is 186 Å². The minimum atomic E-state index is 0.858. The fourth-order valence-electron chi connectivity index (χ4n) is 10.2. The number of benzene rings is 6. The van der Waals surface area contributed by atoms with Gasteiger partial charge in [0.1, 0.15) is 0 Å². The van der Waals surface area contributed by atoms with Gasteiger partial charge in [-0.25, -0.2) is 0 Å². The zero-order chi connectivity index (χ0) is 46.2. The lowest BCUT2D eigenvalue weighted by molar-refractivity contribution is 0.742. The summed E-state index contributed by atoms with van der Waals surface area (Å²) in [6.45, 7) is 0. The maximum absolute atomic E-state index is 3.49. The third kappa shape index (κ3) is 9.69. The first-order valence-corrected chi connectivity index (χ1v) is 24.8. The molecule has 0 N–H and O–H groups in total. The van der Waals surface area contributed by atoms with Crippen LogP contribution in [0, 0.1) is 0 Å². The second kappa shape index (κ2) is 20.4. The Morgan fingerprint density at radius 2 is 1.09 bits per heavy atom. The zero-order valence-electron chi connectivity index (χ0n) is 39.2. The van der Waals surface area contributed by atoms with Gasteiger partial charge in [-0.2, -0.15) is 0 Å². The van der Waals surface area contributed by atoms with Gasteiger partial charge in [0.15, 0.2) is 0 Å². The van der Waals surface area contributed by atoms with Gasteiger partial charge in [0.2, 0.25) is 0 Å². The molecule has 5 aliphatic carbocycles. The molecule has 0 radical (unpaired) electrons. The minimum Gasteiger partial charge on any atom is -0.314 e. The first-order valence-electron chi connectivity index (χ1n) is 24.8. The topological polar surface area (TPSA) is 6.48 Å². The average Bonchev–Trinajstić information content (AvgIpc) is 3.69. The standard InChI is InChI=1S/C67H56N2/c1-6-17-50(18-7-1)54-27-16-28-61(39-29-54)69(67-48-38-60(53-23-12-4-13-24-53)49-66(67)59-25-14-5-15-26-59)65-46-36-58(37-47-65)57-34-44-64(45-35-57)68(62-40-30-55(31-41-62)51-19-8-2-9-20-51)63-42-32-56(33-43-63)52-21-10-3-11-22-52/h2-3,5-6,8-11,14,17-23,25,27-36,38-46,48-49H,1,4,7,12-13,16,24,37,47H2. The van der Waals surface area contributed by atoms with Gasteiger partial charge >= 0.3 is 0 Å². The van der Waals surface area contributed by atoms with Gasteiger partial charge in [-0.3, -0.25) is 0 Å². The second-order valence-electron chi connectivity index (χ2n) is 18.3. The van der Waals surface area contributed by atoms with Crippen molar-refractivity contribution in [1.29, 1.82) is 0 Å². The molecule has 6 aromatic rings. The lowest BCUT2D eigenvalue weighted by Crippen LogP contribution is -2.23. The third-order valence-corrected chi connectivity index (χ3v) is 13.9. The Kier molecular flexibility index (Phi) is 12.8. The van der Waals surface area contributed by atoms with Crippen LogP contribution < -0.4 is 9.80 Å². The van der Waals surface area contributed by atoms with Crippen molar-refractivity contribution in [3.05, 3.63) is 281 Å². The van der Waals surface area contributed by atoms with Gasteiger partial charge < -0.3 is 9.80 Å². The van der Waals surface area contributed by atoms with Crippen LogP contribution in [0.4, 0.5) is 22.7 Å². The van der Waals surface area contributed by atoms with E-state index in [0.29, 0.717) is 0 Å². The van der Waals surface area contributed by atoms with E-state index in [2.05, 4.69) is 246 Å². The number of rotatable bonds is 12. The Labute approximate surface area is 408 Å². The second-order valence-corrected chi connectivity index (χ2v) is 18.3. The van der Waals surface area contributed by atoms with Crippen LogP contribution in [-0.4, -0.2) is 0 Å². The largest absolute Gasteiger partial charge is 0.314 e. The predicted octanol–water partition coefficient (Wildman–Crippen LogP) is 18.3. The van der Waals surface area contributed by atoms with Crippen molar-refractivity contribution in [1.82, 2.24) is 0 Å². The Morgan fingerprint density at radius 3 is 1.68 bits per heavy atom. The summed E-state index contributed by atoms with van der Waals surface area (Å²) in [5.74, 6) is 0. The van der Waals surface area contributed by atoms with E-state index < -0.39 is 0 Å². The molecule has 0 atom stereocenters. The first kappa shape index (κ1) is 43.5. The fraction of sp³-hybridized carbons (Fsp3) is 0.134. The summed E-state index contributed by atoms with van der Waals surface area (Å²) in [6, 6.07) is 55.4. The molecule has 0 spiro atoms. The lowest BCUT2D eigenvalue weighted by Gasteiger charge is -2.33. The van der Waals surface area contributed by atoms with Crippen molar-refractivity contribution in [2.75, 3.05) is 9.80 Å². The maximum atomic E-state index is 3.49. The summed E-state index contributed by atoms with van der Waals surface area (Å²) in [5, 5.41) is 0. The maximum Gasteiger partial charge on any atom is 0.0543 e. The highest BCUT2D eigenvalue weighted by molar-refractivity contribution is 5.88. The molecule has 2 nitrogen and oxygen atoms in total. The molecule has 334 valence electrons. The van der Waals surface area contributed by atoms with Crippen molar-refractivity contribution in [2.24, 2.45) is 0 Å². The molecule has 69 heavy (non-hydrogen) atoms. The molecule has 0 unspecified atom stereocenters. The van der Waals surface area contributed by atoms with Crippen molar-refractivity contribution in [2.45, 2.75) is 57.8 Å². The van der Waals surface area contributed by atoms with Crippen LogP contribution in [0.5, 0.6) is 0 Å². The SMILES string of the molecule is C1=C=C(c2cc(C3=CCCCC3)ccc2N(C2=CCC=C(C3=CCCC=C3)C=C2)C2=CC=C(c3ccc(N(c4ccc(-c5ccccc5)cc4)c4ccc(-c5ccccc5)cc4)cc3)CC2)C=CC=1. The molecule has 0 saturated heterocycles. The van der Waals surface area contributed by atoms with Crippen LogP contribution in [0.1, 0.15) is 74.5 Å². The molecule has 11 rings (SSSR count). The molecule has 0 heterocycles. The van der Waals surface area contributed by atoms with Crippen LogP contribution in [0.25, 0.3) is 39.0 Å². The smallest absolute Gasteiger partial charge is 0.0543 e. The summed E-state index contributed by atoms with van der Waals surface area (Å²) in [5.41, 5.74) is 28.8. The molecule has 0 bridgehead atoms. The van der Waals surface area contributed by atoms with Gasteiger partial charge in [0.05, 0.1) is 5.69 Å². The fourth-order valence-corrected chi connectivity index (χ4v) is 10.2. The molecule has 0 aliphatic heterocycles. The highest BCUT2D eigenvalue weighted by atomic mass is 15.2. The zero-order valence-corrected chi connectivity index (χ0v) is 39.2. The van der Waals surface area contributed by atoms with Gasteiger partial charge in [0.25, 0.3) is 0 Å². The Balaban J connectivity index is 0.940. The van der Waals surface area contributed by atoms with E-state index in [1.54, 1.807) is 0 Å². The molecular weight excluding hydrogens is 833 g/mol. The summed E-state index contributed by atoms with van der Waals surface area (Å²) >= 11 is 0. The highest BCUT2D eigenvalue weighted by Crippen LogP contribution is 2.42. The van der Waals surface area contributed by atoms with E-state index in [9.17, 15) is 0 Å². The highest BCUT2D eigenvalue weighted by Gasteiger charge is 2.24. The number of hydrogen-bond donors (Lipinski definition) is 0. The number of anilines is 4. The Bertz CT molecular complexity index is 3170. The molecule has 6 aromatic carbocycles. The molecule has 2 heteroatoms. The molecule has 0 amide bonds. The van der Waals surface area contributed by atoms with Crippen molar-refractivity contribution < 1.29 is 0 Å². The minimum absolute atomic E-state index is 0.858. The molecule has 0 aromatic heterocycles. The van der Waals surface area contributed by atoms with Crippen LogP contribution in [0.2, 0.25) is 0 Å². The van der Waals surface area contributed by atoms with Crippen molar-refractivity contribution in [3.8, 4) is 22.3 Å². The molecule has 5 aliphatic rings. The van der Waals surface area contributed by atoms with Gasteiger partial charge in [-0.15, -0.1) is 0 Å². The van der Waals surface area contributed by atoms with E-state index >= 15 is 0 Å². The van der Waals surface area contributed by atoms with Crippen molar-refractivity contribution >= 4 is 39.5 Å². The Hall–Kier alpha value is -8.12. The summed E-state index contributed by atoms with van der Waals surface area (Å²) in [7, 11) is 0. The van der Waals surface area contributed by atoms with E-state index in [1.807, 2.05) is 6.08 Å².